The zero-order valence-corrected chi connectivity index (χ0v) is 55.8. The first kappa shape index (κ1) is 75.9. The van der Waals surface area contributed by atoms with Gasteiger partial charge in [-0.1, -0.05) is 95.5 Å². The molecule has 2 aromatic rings. The molecule has 496 valence electrons. The molecule has 4 N–H and O–H groups in total. The van der Waals surface area contributed by atoms with Gasteiger partial charge in [0.1, 0.15) is 41.8 Å². The van der Waals surface area contributed by atoms with Crippen molar-refractivity contribution in [3.8, 4) is 0 Å². The van der Waals surface area contributed by atoms with E-state index < -0.39 is 155 Å². The van der Waals surface area contributed by atoms with Crippen LogP contribution in [0.1, 0.15) is 124 Å². The molecule has 22 nitrogen and oxygen atoms in total. The molecule has 0 bridgehead atoms. The minimum atomic E-state index is -4.77. The molecular weight excluding hydrogens is 1180 g/mol. The van der Waals surface area contributed by atoms with Crippen molar-refractivity contribution in [3.05, 3.63) is 69.7 Å². The van der Waals surface area contributed by atoms with Crippen LogP contribution in [0.5, 0.6) is 0 Å². The van der Waals surface area contributed by atoms with Crippen LogP contribution in [0.15, 0.2) is 42.5 Å². The third kappa shape index (κ3) is 21.4. The third-order valence-corrected chi connectivity index (χ3v) is 17.0. The van der Waals surface area contributed by atoms with E-state index in [4.69, 9.17) is 11.6 Å². The van der Waals surface area contributed by atoms with E-state index >= 15 is 0 Å². The molecule has 1 aliphatic rings. The minimum absolute atomic E-state index is 0.0153. The van der Waals surface area contributed by atoms with Crippen molar-refractivity contribution in [1.29, 1.82) is 0 Å². The van der Waals surface area contributed by atoms with Gasteiger partial charge in [0.2, 0.25) is 65.0 Å². The Hall–Kier alpha value is -7.31. The van der Waals surface area contributed by atoms with Crippen LogP contribution in [0.2, 0.25) is 5.02 Å². The summed E-state index contributed by atoms with van der Waals surface area (Å²) in [5, 5.41) is 10.4. The Kier molecular flexibility index (Phi) is 28.1. The second-order valence-electron chi connectivity index (χ2n) is 25.2. The molecule has 11 amide bonds. The predicted octanol–water partition coefficient (Wildman–Crippen LogP) is 4.46. The highest BCUT2D eigenvalue weighted by molar-refractivity contribution is 6.31. The number of amides is 11. The average molecular weight is 1270 g/mol. The molecule has 8 atom stereocenters. The van der Waals surface area contributed by atoms with Crippen molar-refractivity contribution in [1.82, 2.24) is 55.6 Å². The van der Waals surface area contributed by atoms with Crippen LogP contribution in [0.4, 0.5) is 13.2 Å². The molecule has 0 aromatic heterocycles. The maximum absolute atomic E-state index is 14.7. The zero-order valence-electron chi connectivity index (χ0n) is 55.0. The van der Waals surface area contributed by atoms with Crippen molar-refractivity contribution in [2.24, 2.45) is 17.8 Å². The summed E-state index contributed by atoms with van der Waals surface area (Å²) in [6.07, 6.45) is -4.88. The van der Waals surface area contributed by atoms with Crippen LogP contribution in [0, 0.1) is 24.7 Å². The Morgan fingerprint density at radius 1 is 0.607 bits per heavy atom. The predicted molar refractivity (Wildman–Crippen MR) is 331 cm³/mol. The summed E-state index contributed by atoms with van der Waals surface area (Å²) in [6.45, 7) is 16.9. The van der Waals surface area contributed by atoms with Crippen molar-refractivity contribution < 1.29 is 65.9 Å². The fraction of sp³-hybridized carbons (Fsp3) is 0.635. The molecule has 1 heterocycles. The normalized spacial score (nSPS) is 23.8. The number of rotatable bonds is 11. The Labute approximate surface area is 527 Å². The number of likely N-dealkylation sites (N-methyl/N-ethyl adjacent to an activating group) is 7. The number of alkyl halides is 3. The maximum Gasteiger partial charge on any atom is 0.417 e. The molecule has 89 heavy (non-hydrogen) atoms. The third-order valence-electron chi connectivity index (χ3n) is 16.7. The molecule has 1 aliphatic heterocycles. The molecular formula is C63H95ClF3N11O11. The van der Waals surface area contributed by atoms with Gasteiger partial charge in [0.05, 0.1) is 30.2 Å². The standard InChI is InChI=1S/C63H95ClF3N11O11/c1-19-39(7)54-60(88)74(14)34-52(81)72(12)35-53(82)77(17)49(32-43-22-20-38(6)21-23-43)59(87)73(13)33-50(79)68-46(27-25-42-24-26-44(45(64)31-42)63(65,66)67)56(84)69-48(29-37(4)5)58(86)78(18)62(10,11)61(89)70-47(28-36(2)3)57(85)75(15)40(8)30-51(80)76(16)41(9)55(83)71-54/h20-24,26,31,36-37,39-41,46-49,54H,19,25,27-30,32-35H2,1-18H3,(H,68,79)(H,69,84)(H,70,89)(H,71,83)/t39-,40+,41-,46-,47+,48-,49-,54-/m0/s1. The Balaban J connectivity index is 2.20. The Morgan fingerprint density at radius 2 is 1.15 bits per heavy atom. The van der Waals surface area contributed by atoms with Gasteiger partial charge in [0.25, 0.3) is 0 Å². The molecule has 2 aromatic carbocycles. The summed E-state index contributed by atoms with van der Waals surface area (Å²) in [5.74, 6) is -8.60. The van der Waals surface area contributed by atoms with Gasteiger partial charge in [-0.15, -0.1) is 0 Å². The first-order valence-corrected chi connectivity index (χ1v) is 30.4. The fourth-order valence-electron chi connectivity index (χ4n) is 9.86. The van der Waals surface area contributed by atoms with E-state index in [-0.39, 0.29) is 55.9 Å². The average Bonchev–Trinajstić information content (AvgIpc) is 1.22. The number of nitrogens with zero attached hydrogens (tertiary/aromatic N) is 7. The largest absolute Gasteiger partial charge is 0.417 e. The van der Waals surface area contributed by atoms with E-state index in [1.807, 2.05) is 39.8 Å². The number of hydrogen-bond acceptors (Lipinski definition) is 11. The van der Waals surface area contributed by atoms with E-state index in [0.717, 1.165) is 42.2 Å². The molecule has 1 saturated heterocycles. The number of benzene rings is 2. The first-order chi connectivity index (χ1) is 41.1. The number of hydrogen-bond donors (Lipinski definition) is 4. The van der Waals surface area contributed by atoms with Crippen LogP contribution >= 0.6 is 11.6 Å². The highest BCUT2D eigenvalue weighted by Crippen LogP contribution is 2.35. The topological polar surface area (TPSA) is 259 Å². The van der Waals surface area contributed by atoms with E-state index in [0.29, 0.717) is 12.0 Å². The summed E-state index contributed by atoms with van der Waals surface area (Å²) in [6, 6.07) is 1.86. The lowest BCUT2D eigenvalue weighted by atomic mass is 9.95. The van der Waals surface area contributed by atoms with Crippen LogP contribution < -0.4 is 21.3 Å². The molecule has 1 fully saturated rings. The molecule has 3 rings (SSSR count). The van der Waals surface area contributed by atoms with E-state index in [1.54, 1.807) is 39.8 Å². The van der Waals surface area contributed by atoms with Crippen LogP contribution in [0.3, 0.4) is 0 Å². The van der Waals surface area contributed by atoms with Gasteiger partial charge >= 0.3 is 6.18 Å². The molecule has 0 spiro atoms. The quantitative estimate of drug-likeness (QED) is 0.244. The number of aryl methyl sites for hydroxylation is 2. The summed E-state index contributed by atoms with van der Waals surface area (Å²) in [5.41, 5.74) is -0.985. The van der Waals surface area contributed by atoms with Gasteiger partial charge in [-0.3, -0.25) is 52.7 Å². The second kappa shape index (κ2) is 33.0. The van der Waals surface area contributed by atoms with Crippen molar-refractivity contribution >= 4 is 76.6 Å². The van der Waals surface area contributed by atoms with Crippen LogP contribution in [0.25, 0.3) is 0 Å². The van der Waals surface area contributed by atoms with Crippen LogP contribution in [-0.4, -0.2) is 216 Å². The van der Waals surface area contributed by atoms with Crippen molar-refractivity contribution in [2.75, 3.05) is 69.0 Å². The van der Waals surface area contributed by atoms with Crippen LogP contribution in [-0.2, 0) is 71.8 Å². The number of halogens is 4. The van der Waals surface area contributed by atoms with Gasteiger partial charge in [-0.05, 0) is 101 Å². The minimum Gasteiger partial charge on any atom is -0.343 e. The second-order valence-corrected chi connectivity index (χ2v) is 25.6. The highest BCUT2D eigenvalue weighted by Gasteiger charge is 2.43. The summed E-state index contributed by atoms with van der Waals surface area (Å²) >= 11 is 6.08. The fourth-order valence-corrected chi connectivity index (χ4v) is 10.2. The van der Waals surface area contributed by atoms with Crippen molar-refractivity contribution in [2.45, 2.75) is 175 Å². The monoisotopic (exact) mass is 1270 g/mol. The van der Waals surface area contributed by atoms with Gasteiger partial charge in [-0.25, -0.2) is 0 Å². The SMILES string of the molecule is CC[C@H](C)[C@@H]1NC(=O)[C@H](C)N(C)C(=O)C[C@@H](C)N(C)C(=O)[C@@H](CC(C)C)NC(=O)C(C)(C)N(C)C(=O)[C@H](CC(C)C)NC(=O)[C@H](CCc2ccc(C(F)(F)F)c(Cl)c2)NC(=O)CN(C)C(=O)[C@H](Cc2ccc(C)cc2)N(C)C(=O)CN(C)C(=O)CN(C)C1=O. The van der Waals surface area contributed by atoms with E-state index in [2.05, 4.69) is 21.3 Å². The zero-order chi connectivity index (χ0) is 67.9. The molecule has 0 aliphatic carbocycles. The molecule has 0 saturated carbocycles. The van der Waals surface area contributed by atoms with Gasteiger partial charge in [0.15, 0.2) is 0 Å². The smallest absolute Gasteiger partial charge is 0.343 e. The maximum atomic E-state index is 14.7. The highest BCUT2D eigenvalue weighted by atomic mass is 35.5. The van der Waals surface area contributed by atoms with E-state index in [1.165, 1.54) is 86.0 Å². The summed E-state index contributed by atoms with van der Waals surface area (Å²) in [4.78, 5) is 165. The van der Waals surface area contributed by atoms with Gasteiger partial charge in [-0.2, -0.15) is 13.2 Å². The number of carbonyl (C=O) groups excluding carboxylic acids is 11. The summed E-state index contributed by atoms with van der Waals surface area (Å²) in [7, 11) is 9.60. The van der Waals surface area contributed by atoms with E-state index in [9.17, 15) is 65.9 Å². The molecule has 26 heteroatoms. The Bertz CT molecular complexity index is 2870. The van der Waals surface area contributed by atoms with Crippen molar-refractivity contribution in [3.63, 3.8) is 0 Å². The lowest BCUT2D eigenvalue weighted by molar-refractivity contribution is -0.149. The summed E-state index contributed by atoms with van der Waals surface area (Å²) < 4.78 is 41.2. The lowest BCUT2D eigenvalue weighted by Gasteiger charge is -2.39. The molecule has 0 radical (unpaired) electrons. The lowest BCUT2D eigenvalue weighted by Crippen LogP contribution is -2.63. The number of carbonyl (C=O) groups is 11. The van der Waals surface area contributed by atoms with Gasteiger partial charge in [0, 0.05) is 68.2 Å². The first-order valence-electron chi connectivity index (χ1n) is 30.1. The number of nitrogens with one attached hydrogen (secondary N) is 4. The Morgan fingerprint density at radius 3 is 1.69 bits per heavy atom. The van der Waals surface area contributed by atoms with Gasteiger partial charge < -0.3 is 55.6 Å². The molecule has 0 unspecified atom stereocenters.